The topological polar surface area (TPSA) is 117 Å². The van der Waals surface area contributed by atoms with Crippen LogP contribution in [0.1, 0.15) is 11.1 Å². The van der Waals surface area contributed by atoms with E-state index in [1.807, 2.05) is 0 Å². The largest absolute Gasteiger partial charge is 0.493 e. The van der Waals surface area contributed by atoms with Crippen molar-refractivity contribution in [2.24, 2.45) is 0 Å². The number of anilines is 1. The molecule has 9 nitrogen and oxygen atoms in total. The molecule has 0 bridgehead atoms. The smallest absolute Gasteiger partial charge is 0.331 e. The molecule has 0 aliphatic carbocycles. The van der Waals surface area contributed by atoms with E-state index >= 15 is 0 Å². The van der Waals surface area contributed by atoms with Crippen LogP contribution in [0.15, 0.2) is 36.4 Å². The molecule has 0 atom stereocenters. The van der Waals surface area contributed by atoms with Gasteiger partial charge in [0.15, 0.2) is 18.1 Å². The first-order chi connectivity index (χ1) is 14.3. The third-order valence-corrected chi connectivity index (χ3v) is 4.21. The first-order valence-electron chi connectivity index (χ1n) is 8.57. The monoisotopic (exact) mass is 434 g/mol. The summed E-state index contributed by atoms with van der Waals surface area (Å²) in [4.78, 5) is 34.4. The standard InChI is InChI=1S/C20H19ClN2O7/c1-12-5-4-6-15(23(26)27)19(12)22-17(24)11-30-18(25)8-7-13-9-14(21)20(29-3)16(10-13)28-2/h4-10H,11H2,1-3H3,(H,22,24)/b8-7+. The van der Waals surface area contributed by atoms with Gasteiger partial charge in [-0.3, -0.25) is 14.9 Å². The minimum Gasteiger partial charge on any atom is -0.493 e. The zero-order valence-electron chi connectivity index (χ0n) is 16.4. The summed E-state index contributed by atoms with van der Waals surface area (Å²) in [5.74, 6) is -0.739. The number of nitro benzene ring substituents is 1. The van der Waals surface area contributed by atoms with Crippen molar-refractivity contribution < 1.29 is 28.7 Å². The SMILES string of the molecule is COc1cc(/C=C/C(=O)OCC(=O)Nc2c(C)cccc2[N+](=O)[O-])cc(Cl)c1OC. The summed E-state index contributed by atoms with van der Waals surface area (Å²) < 4.78 is 15.2. The summed E-state index contributed by atoms with van der Waals surface area (Å²) in [6.07, 6.45) is 2.54. The Bertz CT molecular complexity index is 1000. The number of methoxy groups -OCH3 is 2. The van der Waals surface area contributed by atoms with Crippen molar-refractivity contribution in [2.45, 2.75) is 6.92 Å². The second-order valence-electron chi connectivity index (χ2n) is 5.95. The molecule has 2 aromatic rings. The van der Waals surface area contributed by atoms with Gasteiger partial charge in [0.25, 0.3) is 11.6 Å². The molecule has 10 heteroatoms. The predicted octanol–water partition coefficient (Wildman–Crippen LogP) is 3.77. The molecule has 1 N–H and O–H groups in total. The van der Waals surface area contributed by atoms with Crippen LogP contribution in [0.4, 0.5) is 11.4 Å². The minimum absolute atomic E-state index is 0.0547. The van der Waals surface area contributed by atoms with Gasteiger partial charge in [0, 0.05) is 12.1 Å². The molecule has 0 aromatic heterocycles. The first kappa shape index (κ1) is 22.7. The maximum atomic E-state index is 12.0. The number of para-hydroxylation sites is 1. The van der Waals surface area contributed by atoms with Crippen LogP contribution in [0.2, 0.25) is 5.02 Å². The van der Waals surface area contributed by atoms with Gasteiger partial charge in [-0.05, 0) is 36.3 Å². The molecule has 30 heavy (non-hydrogen) atoms. The van der Waals surface area contributed by atoms with Crippen LogP contribution in [0.25, 0.3) is 6.08 Å². The van der Waals surface area contributed by atoms with Crippen LogP contribution < -0.4 is 14.8 Å². The fourth-order valence-corrected chi connectivity index (χ4v) is 2.82. The van der Waals surface area contributed by atoms with E-state index in [-0.39, 0.29) is 11.4 Å². The number of nitro groups is 1. The van der Waals surface area contributed by atoms with E-state index < -0.39 is 23.4 Å². The Morgan fingerprint density at radius 2 is 1.97 bits per heavy atom. The zero-order valence-corrected chi connectivity index (χ0v) is 17.2. The fourth-order valence-electron chi connectivity index (χ4n) is 2.53. The molecule has 0 unspecified atom stereocenters. The lowest BCUT2D eigenvalue weighted by Crippen LogP contribution is -2.21. The van der Waals surface area contributed by atoms with Gasteiger partial charge >= 0.3 is 5.97 Å². The molecule has 1 amide bonds. The Balaban J connectivity index is 1.99. The number of benzene rings is 2. The maximum absolute atomic E-state index is 12.0. The Kier molecular flexibility index (Phi) is 7.76. The number of nitrogens with zero attached hydrogens (tertiary/aromatic N) is 1. The summed E-state index contributed by atoms with van der Waals surface area (Å²) >= 11 is 6.10. The molecule has 158 valence electrons. The van der Waals surface area contributed by atoms with Crippen LogP contribution in [-0.4, -0.2) is 37.6 Å². The Hall–Kier alpha value is -3.59. The molecule has 2 rings (SSSR count). The van der Waals surface area contributed by atoms with Crippen LogP contribution in [0, 0.1) is 17.0 Å². The quantitative estimate of drug-likeness (QED) is 0.291. The molecular weight excluding hydrogens is 416 g/mol. The molecular formula is C20H19ClN2O7. The lowest BCUT2D eigenvalue weighted by atomic mass is 10.1. The van der Waals surface area contributed by atoms with Crippen molar-refractivity contribution in [3.05, 3.63) is 62.7 Å². The van der Waals surface area contributed by atoms with Crippen LogP contribution in [0.3, 0.4) is 0 Å². The first-order valence-corrected chi connectivity index (χ1v) is 8.94. The Labute approximate surface area is 177 Å². The van der Waals surface area contributed by atoms with E-state index in [1.54, 1.807) is 25.1 Å². The molecule has 0 saturated carbocycles. The van der Waals surface area contributed by atoms with Crippen molar-refractivity contribution in [2.75, 3.05) is 26.1 Å². The molecule has 0 spiro atoms. The number of hydrogen-bond donors (Lipinski definition) is 1. The van der Waals surface area contributed by atoms with Crippen LogP contribution in [-0.2, 0) is 14.3 Å². The van der Waals surface area contributed by atoms with Crippen molar-refractivity contribution in [3.63, 3.8) is 0 Å². The average molecular weight is 435 g/mol. The number of rotatable bonds is 8. The molecule has 2 aromatic carbocycles. The molecule has 0 saturated heterocycles. The predicted molar refractivity (Wildman–Crippen MR) is 111 cm³/mol. The lowest BCUT2D eigenvalue weighted by Gasteiger charge is -2.10. The Morgan fingerprint density at radius 3 is 2.60 bits per heavy atom. The van der Waals surface area contributed by atoms with Gasteiger partial charge in [-0.15, -0.1) is 0 Å². The minimum atomic E-state index is -0.782. The number of esters is 1. The fraction of sp³-hybridized carbons (Fsp3) is 0.200. The summed E-state index contributed by atoms with van der Waals surface area (Å²) in [7, 11) is 2.90. The average Bonchev–Trinajstić information content (AvgIpc) is 2.71. The van der Waals surface area contributed by atoms with Crippen LogP contribution in [0.5, 0.6) is 11.5 Å². The van der Waals surface area contributed by atoms with Gasteiger partial charge in [0.05, 0.1) is 24.2 Å². The second-order valence-corrected chi connectivity index (χ2v) is 6.36. The highest BCUT2D eigenvalue weighted by Gasteiger charge is 2.18. The second kappa shape index (κ2) is 10.3. The van der Waals surface area contributed by atoms with E-state index in [0.29, 0.717) is 27.6 Å². The van der Waals surface area contributed by atoms with Crippen molar-refractivity contribution >= 4 is 40.9 Å². The van der Waals surface area contributed by atoms with Gasteiger partial charge in [-0.2, -0.15) is 0 Å². The normalized spacial score (nSPS) is 10.5. The van der Waals surface area contributed by atoms with Crippen molar-refractivity contribution in [3.8, 4) is 11.5 Å². The summed E-state index contributed by atoms with van der Waals surface area (Å²) in [5, 5.41) is 13.8. The number of amides is 1. The number of hydrogen-bond acceptors (Lipinski definition) is 7. The van der Waals surface area contributed by atoms with Crippen LogP contribution >= 0.6 is 11.6 Å². The van der Waals surface area contributed by atoms with Crippen molar-refractivity contribution in [1.82, 2.24) is 0 Å². The lowest BCUT2D eigenvalue weighted by molar-refractivity contribution is -0.384. The number of ether oxygens (including phenoxy) is 3. The number of nitrogens with one attached hydrogen (secondary N) is 1. The van der Waals surface area contributed by atoms with E-state index in [9.17, 15) is 19.7 Å². The number of carbonyl (C=O) groups is 2. The van der Waals surface area contributed by atoms with Crippen molar-refractivity contribution in [1.29, 1.82) is 0 Å². The third-order valence-electron chi connectivity index (χ3n) is 3.93. The Morgan fingerprint density at radius 1 is 1.23 bits per heavy atom. The number of carbonyl (C=O) groups excluding carboxylic acids is 2. The highest BCUT2D eigenvalue weighted by Crippen LogP contribution is 2.36. The third kappa shape index (κ3) is 5.71. The highest BCUT2D eigenvalue weighted by atomic mass is 35.5. The molecule has 0 aliphatic heterocycles. The molecule has 0 fully saturated rings. The van der Waals surface area contributed by atoms with E-state index in [4.69, 9.17) is 25.8 Å². The summed E-state index contributed by atoms with van der Waals surface area (Å²) in [5.41, 5.74) is 0.864. The number of aryl methyl sites for hydroxylation is 1. The summed E-state index contributed by atoms with van der Waals surface area (Å²) in [6, 6.07) is 7.57. The molecule has 0 aliphatic rings. The number of halogens is 1. The van der Waals surface area contributed by atoms with E-state index in [1.165, 1.54) is 32.4 Å². The molecule has 0 heterocycles. The van der Waals surface area contributed by atoms with E-state index in [2.05, 4.69) is 5.32 Å². The van der Waals surface area contributed by atoms with Gasteiger partial charge in [-0.1, -0.05) is 23.7 Å². The van der Waals surface area contributed by atoms with Gasteiger partial charge in [0.1, 0.15) is 5.69 Å². The maximum Gasteiger partial charge on any atom is 0.331 e. The van der Waals surface area contributed by atoms with E-state index in [0.717, 1.165) is 6.08 Å². The summed E-state index contributed by atoms with van der Waals surface area (Å²) in [6.45, 7) is 1.01. The van der Waals surface area contributed by atoms with Gasteiger partial charge in [-0.25, -0.2) is 4.79 Å². The van der Waals surface area contributed by atoms with Gasteiger partial charge in [0.2, 0.25) is 0 Å². The molecule has 0 radical (unpaired) electrons. The zero-order chi connectivity index (χ0) is 22.3. The highest BCUT2D eigenvalue weighted by molar-refractivity contribution is 6.32. The van der Waals surface area contributed by atoms with Gasteiger partial charge < -0.3 is 19.5 Å².